The number of amides is 2. The number of carbonyl (C=O) groups is 2. The van der Waals surface area contributed by atoms with Gasteiger partial charge in [0.15, 0.2) is 4.80 Å². The summed E-state index contributed by atoms with van der Waals surface area (Å²) in [4.78, 5) is 31.0. The SMILES string of the molecule is CC(=O)N1CCc2ccccc2C1CC(=O)N=c1sccn1C. The summed E-state index contributed by atoms with van der Waals surface area (Å²) in [6.07, 6.45) is 2.92. The van der Waals surface area contributed by atoms with Gasteiger partial charge in [-0.05, 0) is 17.5 Å². The number of hydrogen-bond acceptors (Lipinski definition) is 3. The Labute approximate surface area is 138 Å². The van der Waals surface area contributed by atoms with Gasteiger partial charge < -0.3 is 9.47 Å². The van der Waals surface area contributed by atoms with E-state index in [-0.39, 0.29) is 24.3 Å². The molecule has 6 heteroatoms. The van der Waals surface area contributed by atoms with Crippen LogP contribution in [0.4, 0.5) is 0 Å². The number of benzene rings is 1. The van der Waals surface area contributed by atoms with Crippen LogP contribution in [0, 0.1) is 0 Å². The Bertz CT molecular complexity index is 806. The molecule has 0 aliphatic carbocycles. The highest BCUT2D eigenvalue weighted by Crippen LogP contribution is 2.32. The van der Waals surface area contributed by atoms with E-state index in [1.165, 1.54) is 16.9 Å². The van der Waals surface area contributed by atoms with Crippen molar-refractivity contribution in [3.8, 4) is 0 Å². The number of nitrogens with zero attached hydrogens (tertiary/aromatic N) is 3. The molecule has 1 atom stereocenters. The van der Waals surface area contributed by atoms with Crippen molar-refractivity contribution in [2.75, 3.05) is 6.54 Å². The van der Waals surface area contributed by atoms with E-state index in [1.54, 1.807) is 11.8 Å². The minimum atomic E-state index is -0.223. The highest BCUT2D eigenvalue weighted by molar-refractivity contribution is 7.07. The van der Waals surface area contributed by atoms with Gasteiger partial charge in [0.25, 0.3) is 5.91 Å². The lowest BCUT2D eigenvalue weighted by atomic mass is 9.90. The molecule has 1 aliphatic heterocycles. The van der Waals surface area contributed by atoms with Crippen molar-refractivity contribution < 1.29 is 9.59 Å². The first kappa shape index (κ1) is 15.7. The van der Waals surface area contributed by atoms with Crippen molar-refractivity contribution in [1.29, 1.82) is 0 Å². The van der Waals surface area contributed by atoms with Crippen molar-refractivity contribution in [3.05, 3.63) is 51.8 Å². The van der Waals surface area contributed by atoms with Gasteiger partial charge in [-0.15, -0.1) is 11.3 Å². The molecule has 1 aromatic carbocycles. The lowest BCUT2D eigenvalue weighted by Gasteiger charge is -2.36. The van der Waals surface area contributed by atoms with Gasteiger partial charge in [0, 0.05) is 32.1 Å². The van der Waals surface area contributed by atoms with Crippen molar-refractivity contribution in [2.24, 2.45) is 12.0 Å². The molecule has 0 fully saturated rings. The normalized spacial score (nSPS) is 17.9. The number of aryl methyl sites for hydroxylation is 1. The van der Waals surface area contributed by atoms with Gasteiger partial charge >= 0.3 is 0 Å². The lowest BCUT2D eigenvalue weighted by molar-refractivity contribution is -0.132. The van der Waals surface area contributed by atoms with Crippen LogP contribution in [-0.2, 0) is 23.1 Å². The zero-order chi connectivity index (χ0) is 16.4. The maximum atomic E-state index is 12.4. The average molecular weight is 329 g/mol. The molecule has 5 nitrogen and oxygen atoms in total. The fourth-order valence-electron chi connectivity index (χ4n) is 3.00. The third-order valence-corrected chi connectivity index (χ3v) is 5.01. The summed E-state index contributed by atoms with van der Waals surface area (Å²) in [7, 11) is 1.86. The van der Waals surface area contributed by atoms with E-state index in [9.17, 15) is 9.59 Å². The zero-order valence-corrected chi connectivity index (χ0v) is 14.0. The van der Waals surface area contributed by atoms with Gasteiger partial charge in [0.1, 0.15) is 0 Å². The number of hydrogen-bond donors (Lipinski definition) is 0. The molecular formula is C17H19N3O2S. The molecule has 23 heavy (non-hydrogen) atoms. The van der Waals surface area contributed by atoms with Crippen LogP contribution in [0.2, 0.25) is 0 Å². The predicted molar refractivity (Wildman–Crippen MR) is 88.8 cm³/mol. The highest BCUT2D eigenvalue weighted by Gasteiger charge is 2.30. The molecule has 0 bridgehead atoms. The van der Waals surface area contributed by atoms with E-state index >= 15 is 0 Å². The molecule has 2 amide bonds. The van der Waals surface area contributed by atoms with Gasteiger partial charge in [0.05, 0.1) is 12.5 Å². The molecule has 1 unspecified atom stereocenters. The van der Waals surface area contributed by atoms with Crippen molar-refractivity contribution in [3.63, 3.8) is 0 Å². The van der Waals surface area contributed by atoms with Crippen LogP contribution in [-0.4, -0.2) is 27.8 Å². The number of rotatable bonds is 2. The molecule has 1 aliphatic rings. The molecule has 0 radical (unpaired) electrons. The summed E-state index contributed by atoms with van der Waals surface area (Å²) in [6.45, 7) is 2.21. The van der Waals surface area contributed by atoms with Gasteiger partial charge in [-0.3, -0.25) is 9.59 Å². The van der Waals surface area contributed by atoms with Crippen LogP contribution in [0.25, 0.3) is 0 Å². The molecule has 120 valence electrons. The fraction of sp³-hybridized carbons (Fsp3) is 0.353. The summed E-state index contributed by atoms with van der Waals surface area (Å²) in [5.41, 5.74) is 2.28. The average Bonchev–Trinajstić information content (AvgIpc) is 2.92. The van der Waals surface area contributed by atoms with Crippen LogP contribution < -0.4 is 4.80 Å². The van der Waals surface area contributed by atoms with E-state index in [1.807, 2.05) is 41.4 Å². The molecule has 0 saturated heterocycles. The summed E-state index contributed by atoms with van der Waals surface area (Å²) >= 11 is 1.43. The summed E-state index contributed by atoms with van der Waals surface area (Å²) < 4.78 is 1.82. The fourth-order valence-corrected chi connectivity index (χ4v) is 3.75. The van der Waals surface area contributed by atoms with Gasteiger partial charge in [-0.25, -0.2) is 0 Å². The number of carbonyl (C=O) groups excluding carboxylic acids is 2. The van der Waals surface area contributed by atoms with Crippen LogP contribution in [0.3, 0.4) is 0 Å². The van der Waals surface area contributed by atoms with Crippen LogP contribution >= 0.6 is 11.3 Å². The first-order valence-electron chi connectivity index (χ1n) is 7.59. The number of fused-ring (bicyclic) bond motifs is 1. The van der Waals surface area contributed by atoms with Crippen molar-refractivity contribution in [2.45, 2.75) is 25.8 Å². The Morgan fingerprint density at radius 1 is 1.35 bits per heavy atom. The summed E-state index contributed by atoms with van der Waals surface area (Å²) in [5.74, 6) is -0.199. The second-order valence-electron chi connectivity index (χ2n) is 5.68. The molecule has 2 heterocycles. The molecular weight excluding hydrogens is 310 g/mol. The van der Waals surface area contributed by atoms with Crippen molar-refractivity contribution >= 4 is 23.2 Å². The monoisotopic (exact) mass is 329 g/mol. The van der Waals surface area contributed by atoms with Crippen LogP contribution in [0.1, 0.15) is 30.5 Å². The predicted octanol–water partition coefficient (Wildman–Crippen LogP) is 2.05. The number of thiazole rings is 1. The van der Waals surface area contributed by atoms with Gasteiger partial charge in [-0.1, -0.05) is 24.3 Å². The molecule has 1 aromatic heterocycles. The topological polar surface area (TPSA) is 54.7 Å². The minimum Gasteiger partial charge on any atom is -0.335 e. The Hall–Kier alpha value is -2.21. The minimum absolute atomic E-state index is 0.000942. The first-order valence-corrected chi connectivity index (χ1v) is 8.47. The van der Waals surface area contributed by atoms with Crippen molar-refractivity contribution in [1.82, 2.24) is 9.47 Å². The lowest BCUT2D eigenvalue weighted by Crippen LogP contribution is -2.39. The Morgan fingerprint density at radius 3 is 2.83 bits per heavy atom. The standard InChI is InChI=1S/C17H19N3O2S/c1-12(21)20-8-7-13-5-3-4-6-14(13)15(20)11-16(22)18-17-19(2)9-10-23-17/h3-6,9-10,15H,7-8,11H2,1-2H3. The summed E-state index contributed by atoms with van der Waals surface area (Å²) in [6, 6.07) is 7.81. The largest absolute Gasteiger partial charge is 0.335 e. The molecule has 0 saturated carbocycles. The molecule has 3 rings (SSSR count). The third-order valence-electron chi connectivity index (χ3n) is 4.16. The van der Waals surface area contributed by atoms with E-state index in [0.717, 1.165) is 12.0 Å². The molecule has 0 N–H and O–H groups in total. The smallest absolute Gasteiger partial charge is 0.250 e. The van der Waals surface area contributed by atoms with E-state index < -0.39 is 0 Å². The first-order chi connectivity index (χ1) is 11.1. The quantitative estimate of drug-likeness (QED) is 0.847. The Morgan fingerprint density at radius 2 is 2.13 bits per heavy atom. The maximum Gasteiger partial charge on any atom is 0.250 e. The highest BCUT2D eigenvalue weighted by atomic mass is 32.1. The Kier molecular flexibility index (Phi) is 4.43. The number of aromatic nitrogens is 1. The molecule has 2 aromatic rings. The van der Waals surface area contributed by atoms with Crippen LogP contribution in [0.5, 0.6) is 0 Å². The zero-order valence-electron chi connectivity index (χ0n) is 13.2. The van der Waals surface area contributed by atoms with Crippen LogP contribution in [0.15, 0.2) is 40.8 Å². The van der Waals surface area contributed by atoms with Gasteiger partial charge in [-0.2, -0.15) is 4.99 Å². The van der Waals surface area contributed by atoms with E-state index in [2.05, 4.69) is 11.1 Å². The second-order valence-corrected chi connectivity index (χ2v) is 6.56. The third kappa shape index (κ3) is 3.27. The Balaban J connectivity index is 1.91. The van der Waals surface area contributed by atoms with Gasteiger partial charge in [0.2, 0.25) is 5.91 Å². The molecule has 0 spiro atoms. The van der Waals surface area contributed by atoms with E-state index in [4.69, 9.17) is 0 Å². The second kappa shape index (κ2) is 6.50. The summed E-state index contributed by atoms with van der Waals surface area (Å²) in [5, 5.41) is 1.89. The maximum absolute atomic E-state index is 12.4. The van der Waals surface area contributed by atoms with E-state index in [0.29, 0.717) is 11.3 Å².